The summed E-state index contributed by atoms with van der Waals surface area (Å²) in [6.07, 6.45) is 0. The summed E-state index contributed by atoms with van der Waals surface area (Å²) in [7, 11) is 1.60. The molecule has 1 N–H and O–H groups in total. The molecule has 0 aromatic heterocycles. The van der Waals surface area contributed by atoms with Crippen LogP contribution in [0.4, 0.5) is 10.1 Å². The monoisotopic (exact) mass is 217 g/mol. The first kappa shape index (κ1) is 11.3. The topological polar surface area (TPSA) is 21.3 Å². The molecule has 0 aliphatic heterocycles. The summed E-state index contributed by atoms with van der Waals surface area (Å²) in [5.41, 5.74) is 0.405. The van der Waals surface area contributed by atoms with E-state index < -0.39 is 5.82 Å². The third kappa shape index (κ3) is 2.86. The van der Waals surface area contributed by atoms with E-state index in [9.17, 15) is 4.39 Å². The molecule has 0 aliphatic rings. The Balaban J connectivity index is 2.71. The van der Waals surface area contributed by atoms with Gasteiger partial charge in [0.15, 0.2) is 5.82 Å². The third-order valence-electron chi connectivity index (χ3n) is 1.77. The summed E-state index contributed by atoms with van der Waals surface area (Å²) in [5.74, 6) is -0.419. The summed E-state index contributed by atoms with van der Waals surface area (Å²) < 4.78 is 18.3. The fourth-order valence-corrected chi connectivity index (χ4v) is 1.35. The van der Waals surface area contributed by atoms with Gasteiger partial charge in [-0.05, 0) is 19.1 Å². The van der Waals surface area contributed by atoms with Gasteiger partial charge in [-0.2, -0.15) is 0 Å². The first-order valence-electron chi connectivity index (χ1n) is 4.34. The first-order valence-corrected chi connectivity index (χ1v) is 4.72. The summed E-state index contributed by atoms with van der Waals surface area (Å²) in [6, 6.07) is 4.91. The molecule has 1 atom stereocenters. The van der Waals surface area contributed by atoms with Gasteiger partial charge in [0.1, 0.15) is 0 Å². The second-order valence-electron chi connectivity index (χ2n) is 3.10. The molecule has 78 valence electrons. The summed E-state index contributed by atoms with van der Waals surface area (Å²) in [5, 5.41) is 3.09. The number of anilines is 1. The van der Waals surface area contributed by atoms with E-state index in [4.69, 9.17) is 16.3 Å². The van der Waals surface area contributed by atoms with Crippen molar-refractivity contribution in [1.82, 2.24) is 0 Å². The quantitative estimate of drug-likeness (QED) is 0.838. The molecular weight excluding hydrogens is 205 g/mol. The lowest BCUT2D eigenvalue weighted by Crippen LogP contribution is -2.21. The maximum Gasteiger partial charge on any atom is 0.164 e. The molecule has 4 heteroatoms. The minimum absolute atomic E-state index is 0.0490. The van der Waals surface area contributed by atoms with Crippen molar-refractivity contribution < 1.29 is 9.13 Å². The van der Waals surface area contributed by atoms with Crippen LogP contribution in [-0.2, 0) is 4.74 Å². The third-order valence-corrected chi connectivity index (χ3v) is 2.06. The Bertz CT molecular complexity index is 306. The molecule has 1 unspecified atom stereocenters. The second kappa shape index (κ2) is 5.17. The summed E-state index contributed by atoms with van der Waals surface area (Å²) in [4.78, 5) is 0. The molecule has 14 heavy (non-hydrogen) atoms. The fraction of sp³-hybridized carbons (Fsp3) is 0.400. The molecule has 0 amide bonds. The standard InChI is InChI=1S/C10H13ClFNO/c1-7(6-14-2)13-9-5-3-4-8(11)10(9)12/h3-5,7,13H,6H2,1-2H3. The highest BCUT2D eigenvalue weighted by Gasteiger charge is 2.08. The van der Waals surface area contributed by atoms with Crippen molar-refractivity contribution in [2.45, 2.75) is 13.0 Å². The normalized spacial score (nSPS) is 12.6. The van der Waals surface area contributed by atoms with Crippen molar-refractivity contribution in [2.24, 2.45) is 0 Å². The molecule has 0 radical (unpaired) electrons. The van der Waals surface area contributed by atoms with Crippen molar-refractivity contribution >= 4 is 17.3 Å². The minimum Gasteiger partial charge on any atom is -0.383 e. The average Bonchev–Trinajstić information content (AvgIpc) is 2.13. The van der Waals surface area contributed by atoms with Gasteiger partial charge in [0.05, 0.1) is 17.3 Å². The molecule has 0 spiro atoms. The maximum absolute atomic E-state index is 13.4. The Hall–Kier alpha value is -0.800. The summed E-state index contributed by atoms with van der Waals surface area (Å²) in [6.45, 7) is 2.43. The van der Waals surface area contributed by atoms with E-state index in [0.29, 0.717) is 12.3 Å². The Morgan fingerprint density at radius 1 is 1.57 bits per heavy atom. The van der Waals surface area contributed by atoms with E-state index in [2.05, 4.69) is 5.32 Å². The van der Waals surface area contributed by atoms with Gasteiger partial charge in [-0.15, -0.1) is 0 Å². The predicted molar refractivity (Wildman–Crippen MR) is 56.4 cm³/mol. The Labute approximate surface area is 88.0 Å². The second-order valence-corrected chi connectivity index (χ2v) is 3.51. The minimum atomic E-state index is -0.419. The summed E-state index contributed by atoms with van der Waals surface area (Å²) >= 11 is 5.63. The highest BCUT2D eigenvalue weighted by molar-refractivity contribution is 6.31. The lowest BCUT2D eigenvalue weighted by Gasteiger charge is -2.14. The molecule has 0 bridgehead atoms. The van der Waals surface area contributed by atoms with Crippen LogP contribution in [0.5, 0.6) is 0 Å². The van der Waals surface area contributed by atoms with E-state index in [-0.39, 0.29) is 11.1 Å². The van der Waals surface area contributed by atoms with Crippen LogP contribution < -0.4 is 5.32 Å². The lowest BCUT2D eigenvalue weighted by molar-refractivity contribution is 0.190. The van der Waals surface area contributed by atoms with Crippen LogP contribution in [0.15, 0.2) is 18.2 Å². The van der Waals surface area contributed by atoms with Gasteiger partial charge in [-0.3, -0.25) is 0 Å². The largest absolute Gasteiger partial charge is 0.383 e. The molecule has 0 fully saturated rings. The molecule has 1 aromatic rings. The van der Waals surface area contributed by atoms with Gasteiger partial charge in [-0.25, -0.2) is 4.39 Å². The van der Waals surface area contributed by atoms with Crippen molar-refractivity contribution in [3.05, 3.63) is 29.0 Å². The Morgan fingerprint density at radius 2 is 2.29 bits per heavy atom. The zero-order valence-electron chi connectivity index (χ0n) is 8.18. The molecule has 0 aliphatic carbocycles. The average molecular weight is 218 g/mol. The van der Waals surface area contributed by atoms with Gasteiger partial charge < -0.3 is 10.1 Å². The van der Waals surface area contributed by atoms with Gasteiger partial charge in [0.2, 0.25) is 0 Å². The van der Waals surface area contributed by atoms with Crippen molar-refractivity contribution in [1.29, 1.82) is 0 Å². The van der Waals surface area contributed by atoms with Crippen LogP contribution in [0.25, 0.3) is 0 Å². The van der Waals surface area contributed by atoms with E-state index in [1.165, 1.54) is 6.07 Å². The number of benzene rings is 1. The highest BCUT2D eigenvalue weighted by atomic mass is 35.5. The van der Waals surface area contributed by atoms with Crippen molar-refractivity contribution in [2.75, 3.05) is 19.0 Å². The van der Waals surface area contributed by atoms with E-state index in [1.54, 1.807) is 19.2 Å². The Morgan fingerprint density at radius 3 is 2.93 bits per heavy atom. The van der Waals surface area contributed by atoms with Crippen LogP contribution in [0, 0.1) is 5.82 Å². The smallest absolute Gasteiger partial charge is 0.164 e. The van der Waals surface area contributed by atoms with E-state index in [0.717, 1.165) is 0 Å². The number of rotatable bonds is 4. The van der Waals surface area contributed by atoms with E-state index in [1.807, 2.05) is 6.92 Å². The lowest BCUT2D eigenvalue weighted by atomic mass is 10.2. The highest BCUT2D eigenvalue weighted by Crippen LogP contribution is 2.22. The van der Waals surface area contributed by atoms with Crippen LogP contribution in [0.3, 0.4) is 0 Å². The molecule has 0 heterocycles. The zero-order chi connectivity index (χ0) is 10.6. The van der Waals surface area contributed by atoms with Gasteiger partial charge in [-0.1, -0.05) is 17.7 Å². The Kier molecular flexibility index (Phi) is 4.17. The van der Waals surface area contributed by atoms with Crippen LogP contribution in [0.1, 0.15) is 6.92 Å². The molecular formula is C10H13ClFNO. The van der Waals surface area contributed by atoms with Gasteiger partial charge in [0.25, 0.3) is 0 Å². The first-order chi connectivity index (χ1) is 6.65. The van der Waals surface area contributed by atoms with Gasteiger partial charge >= 0.3 is 0 Å². The maximum atomic E-state index is 13.4. The van der Waals surface area contributed by atoms with Crippen molar-refractivity contribution in [3.63, 3.8) is 0 Å². The molecule has 0 saturated heterocycles. The van der Waals surface area contributed by atoms with Crippen molar-refractivity contribution in [3.8, 4) is 0 Å². The van der Waals surface area contributed by atoms with Crippen LogP contribution >= 0.6 is 11.6 Å². The molecule has 0 saturated carbocycles. The van der Waals surface area contributed by atoms with Gasteiger partial charge in [0, 0.05) is 13.2 Å². The predicted octanol–water partition coefficient (Wildman–Crippen LogP) is 2.93. The number of hydrogen-bond acceptors (Lipinski definition) is 2. The van der Waals surface area contributed by atoms with Crippen LogP contribution in [-0.4, -0.2) is 19.8 Å². The SMILES string of the molecule is COCC(C)Nc1cccc(Cl)c1F. The number of methoxy groups -OCH3 is 1. The van der Waals surface area contributed by atoms with Crippen LogP contribution in [0.2, 0.25) is 5.02 Å². The number of nitrogens with one attached hydrogen (secondary N) is 1. The molecule has 2 nitrogen and oxygen atoms in total. The zero-order valence-corrected chi connectivity index (χ0v) is 8.94. The fourth-order valence-electron chi connectivity index (χ4n) is 1.17. The number of halogens is 2. The number of hydrogen-bond donors (Lipinski definition) is 1. The van der Waals surface area contributed by atoms with E-state index >= 15 is 0 Å². The molecule has 1 aromatic carbocycles. The molecule has 1 rings (SSSR count). The number of ether oxygens (including phenoxy) is 1.